The van der Waals surface area contributed by atoms with Gasteiger partial charge in [-0.2, -0.15) is 0 Å². The Morgan fingerprint density at radius 1 is 0.475 bits per heavy atom. The molecule has 0 saturated heterocycles. The van der Waals surface area contributed by atoms with Gasteiger partial charge in [-0.1, -0.05) is 77.0 Å². The summed E-state index contributed by atoms with van der Waals surface area (Å²) in [5.74, 6) is -5.12. The Labute approximate surface area is 236 Å². The van der Waals surface area contributed by atoms with Crippen LogP contribution >= 0.6 is 0 Å². The third-order valence-corrected chi connectivity index (χ3v) is 6.65. The van der Waals surface area contributed by atoms with Gasteiger partial charge in [0.25, 0.3) is 0 Å². The van der Waals surface area contributed by atoms with Crippen LogP contribution < -0.4 is 16.4 Å². The van der Waals surface area contributed by atoms with Gasteiger partial charge in [0.1, 0.15) is 12.1 Å². The molecule has 0 aromatic rings. The lowest BCUT2D eigenvalue weighted by Crippen LogP contribution is -2.44. The van der Waals surface area contributed by atoms with E-state index in [2.05, 4.69) is 10.6 Å². The number of primary amides is 1. The summed E-state index contributed by atoms with van der Waals surface area (Å²) in [6, 6.07) is -2.57. The van der Waals surface area contributed by atoms with Gasteiger partial charge in [0.05, 0.1) is 0 Å². The zero-order valence-corrected chi connectivity index (χ0v) is 23.7. The zero-order chi connectivity index (χ0) is 30.2. The minimum absolute atomic E-state index is 0.171. The molecular weight excluding hydrogens is 522 g/mol. The molecule has 0 spiro atoms. The van der Waals surface area contributed by atoms with Crippen molar-refractivity contribution in [2.45, 2.75) is 141 Å². The van der Waals surface area contributed by atoms with Gasteiger partial charge < -0.3 is 31.7 Å². The molecule has 0 rings (SSSR count). The molecule has 0 aromatic heterocycles. The molecule has 0 aliphatic carbocycles. The van der Waals surface area contributed by atoms with Crippen molar-refractivity contribution in [3.63, 3.8) is 0 Å². The first-order valence-electron chi connectivity index (χ1n) is 14.6. The lowest BCUT2D eigenvalue weighted by atomic mass is 10.0. The number of carboxylic acid groups (broad SMARTS) is 3. The number of aliphatic carboxylic acids is 3. The minimum atomic E-state index is -1.33. The maximum absolute atomic E-state index is 12.2. The van der Waals surface area contributed by atoms with Gasteiger partial charge in [-0.15, -0.1) is 0 Å². The van der Waals surface area contributed by atoms with E-state index in [0.717, 1.165) is 44.9 Å². The number of amides is 3. The topological polar surface area (TPSA) is 213 Å². The number of hydrogen-bond acceptors (Lipinski definition) is 6. The van der Waals surface area contributed by atoms with Crippen molar-refractivity contribution in [2.75, 3.05) is 0 Å². The molecule has 0 fully saturated rings. The molecule has 0 unspecified atom stereocenters. The fraction of sp³-hybridized carbons (Fsp3) is 0.786. The Kier molecular flexibility index (Phi) is 21.8. The Balaban J connectivity index is 3.87. The van der Waals surface area contributed by atoms with Crippen molar-refractivity contribution in [3.05, 3.63) is 0 Å². The highest BCUT2D eigenvalue weighted by Gasteiger charge is 2.24. The standard InChI is InChI=1S/C28H49N3O9/c29-23(32)19-17-21(27(37)38)31-25(34)20-18-22(28(39)40)30-24(33)15-13-11-9-7-5-3-1-2-4-6-8-10-12-14-16-26(35)36/h21-22H,1-20H2,(H2,29,32)(H,30,33)(H,31,34)(H,35,36)(H,37,38)(H,39,40)/t21-,22-/m0/s1. The summed E-state index contributed by atoms with van der Waals surface area (Å²) < 4.78 is 0. The molecule has 230 valence electrons. The molecular formula is C28H49N3O9. The first-order valence-corrected chi connectivity index (χ1v) is 14.6. The molecule has 0 radical (unpaired) electrons. The normalized spacial score (nSPS) is 12.3. The molecule has 0 saturated carbocycles. The number of carboxylic acids is 3. The van der Waals surface area contributed by atoms with Crippen molar-refractivity contribution in [3.8, 4) is 0 Å². The number of hydrogen-bond donors (Lipinski definition) is 6. The number of carbonyl (C=O) groups excluding carboxylic acids is 3. The van der Waals surface area contributed by atoms with Gasteiger partial charge in [-0.3, -0.25) is 19.2 Å². The van der Waals surface area contributed by atoms with Crippen LogP contribution in [0.5, 0.6) is 0 Å². The molecule has 12 heteroatoms. The van der Waals surface area contributed by atoms with Crippen LogP contribution in [-0.2, 0) is 28.8 Å². The van der Waals surface area contributed by atoms with E-state index >= 15 is 0 Å². The predicted octanol–water partition coefficient (Wildman–Crippen LogP) is 3.50. The van der Waals surface area contributed by atoms with Crippen LogP contribution in [0, 0.1) is 0 Å². The van der Waals surface area contributed by atoms with E-state index in [1.165, 1.54) is 38.5 Å². The third-order valence-electron chi connectivity index (χ3n) is 6.65. The van der Waals surface area contributed by atoms with Crippen LogP contribution in [0.2, 0.25) is 0 Å². The van der Waals surface area contributed by atoms with E-state index in [4.69, 9.17) is 15.9 Å². The summed E-state index contributed by atoms with van der Waals surface area (Å²) in [7, 11) is 0. The molecule has 12 nitrogen and oxygen atoms in total. The molecule has 3 amide bonds. The second-order valence-corrected chi connectivity index (χ2v) is 10.3. The molecule has 0 aliphatic heterocycles. The van der Waals surface area contributed by atoms with Crippen LogP contribution in [-0.4, -0.2) is 63.0 Å². The number of nitrogens with two attached hydrogens (primary N) is 1. The summed E-state index contributed by atoms with van der Waals surface area (Å²) in [6.07, 6.45) is 14.4. The predicted molar refractivity (Wildman–Crippen MR) is 148 cm³/mol. The van der Waals surface area contributed by atoms with Crippen LogP contribution in [0.25, 0.3) is 0 Å². The van der Waals surface area contributed by atoms with Gasteiger partial charge in [-0.25, -0.2) is 9.59 Å². The van der Waals surface area contributed by atoms with Crippen molar-refractivity contribution in [1.29, 1.82) is 0 Å². The monoisotopic (exact) mass is 571 g/mol. The Morgan fingerprint density at radius 3 is 1.15 bits per heavy atom. The molecule has 0 bridgehead atoms. The maximum atomic E-state index is 12.2. The second kappa shape index (κ2) is 23.7. The van der Waals surface area contributed by atoms with Crippen LogP contribution in [0.1, 0.15) is 128 Å². The van der Waals surface area contributed by atoms with E-state index in [0.29, 0.717) is 6.42 Å². The number of nitrogens with one attached hydrogen (secondary N) is 2. The quantitative estimate of drug-likeness (QED) is 0.0795. The zero-order valence-electron chi connectivity index (χ0n) is 23.7. The Hall–Kier alpha value is -3.18. The van der Waals surface area contributed by atoms with Gasteiger partial charge in [0.15, 0.2) is 0 Å². The number of carbonyl (C=O) groups is 6. The van der Waals surface area contributed by atoms with E-state index in [-0.39, 0.29) is 38.5 Å². The minimum Gasteiger partial charge on any atom is -0.481 e. The average Bonchev–Trinajstić information content (AvgIpc) is 2.87. The van der Waals surface area contributed by atoms with Crippen molar-refractivity contribution in [2.24, 2.45) is 5.73 Å². The summed E-state index contributed by atoms with van der Waals surface area (Å²) in [4.78, 5) is 68.2. The summed E-state index contributed by atoms with van der Waals surface area (Å²) in [6.45, 7) is 0. The van der Waals surface area contributed by atoms with Crippen molar-refractivity contribution >= 4 is 35.6 Å². The number of unbranched alkanes of at least 4 members (excludes halogenated alkanes) is 13. The van der Waals surface area contributed by atoms with Crippen LogP contribution in [0.3, 0.4) is 0 Å². The smallest absolute Gasteiger partial charge is 0.326 e. The van der Waals surface area contributed by atoms with E-state index in [9.17, 15) is 33.9 Å². The lowest BCUT2D eigenvalue weighted by molar-refractivity contribution is -0.143. The first kappa shape index (κ1) is 36.8. The largest absolute Gasteiger partial charge is 0.481 e. The Bertz CT molecular complexity index is 789. The highest BCUT2D eigenvalue weighted by atomic mass is 16.4. The summed E-state index contributed by atoms with van der Waals surface area (Å²) >= 11 is 0. The first-order chi connectivity index (χ1) is 19.0. The molecule has 40 heavy (non-hydrogen) atoms. The van der Waals surface area contributed by atoms with Crippen LogP contribution in [0.15, 0.2) is 0 Å². The molecule has 0 aliphatic rings. The van der Waals surface area contributed by atoms with Crippen molar-refractivity contribution in [1.82, 2.24) is 10.6 Å². The van der Waals surface area contributed by atoms with E-state index in [1.54, 1.807) is 0 Å². The van der Waals surface area contributed by atoms with Crippen molar-refractivity contribution < 1.29 is 44.1 Å². The fourth-order valence-electron chi connectivity index (χ4n) is 4.29. The van der Waals surface area contributed by atoms with E-state index < -0.39 is 47.7 Å². The lowest BCUT2D eigenvalue weighted by Gasteiger charge is -2.16. The van der Waals surface area contributed by atoms with Gasteiger partial charge in [-0.05, 0) is 25.7 Å². The SMILES string of the molecule is NC(=O)CC[C@H](NC(=O)CC[C@H](NC(=O)CCCCCCCCCCCCCCCCC(=O)O)C(=O)O)C(=O)O. The molecule has 2 atom stereocenters. The highest BCUT2D eigenvalue weighted by Crippen LogP contribution is 2.14. The summed E-state index contributed by atoms with van der Waals surface area (Å²) in [5.41, 5.74) is 5.00. The molecule has 0 heterocycles. The average molecular weight is 572 g/mol. The van der Waals surface area contributed by atoms with Gasteiger partial charge >= 0.3 is 17.9 Å². The summed E-state index contributed by atoms with van der Waals surface area (Å²) in [5, 5.41) is 31.8. The molecule has 0 aromatic carbocycles. The second-order valence-electron chi connectivity index (χ2n) is 10.3. The van der Waals surface area contributed by atoms with Gasteiger partial charge in [0, 0.05) is 25.7 Å². The maximum Gasteiger partial charge on any atom is 0.326 e. The molecule has 7 N–H and O–H groups in total. The van der Waals surface area contributed by atoms with Gasteiger partial charge in [0.2, 0.25) is 17.7 Å². The highest BCUT2D eigenvalue weighted by molar-refractivity contribution is 5.86. The van der Waals surface area contributed by atoms with E-state index in [1.807, 2.05) is 0 Å². The Morgan fingerprint density at radius 2 is 0.800 bits per heavy atom. The van der Waals surface area contributed by atoms with Crippen LogP contribution in [0.4, 0.5) is 0 Å². The number of rotatable bonds is 27. The fourth-order valence-corrected chi connectivity index (χ4v) is 4.29. The third kappa shape index (κ3) is 22.8.